The van der Waals surface area contributed by atoms with Crippen molar-refractivity contribution in [2.75, 3.05) is 38.1 Å². The maximum absolute atomic E-state index is 12.7. The number of anilines is 1. The van der Waals surface area contributed by atoms with Crippen molar-refractivity contribution < 1.29 is 13.2 Å². The lowest BCUT2D eigenvalue weighted by atomic mass is 10.1. The molecule has 0 saturated carbocycles. The number of piperazine rings is 1. The first-order valence-corrected chi connectivity index (χ1v) is 11.2. The Morgan fingerprint density at radius 1 is 1.03 bits per heavy atom. The fraction of sp³-hybridized carbons (Fsp3) is 0.286. The molecule has 0 aliphatic carbocycles. The Morgan fingerprint density at radius 2 is 1.66 bits per heavy atom. The Kier molecular flexibility index (Phi) is 6.62. The molecule has 2 aromatic carbocycles. The van der Waals surface area contributed by atoms with Gasteiger partial charge in [0.05, 0.1) is 5.69 Å². The van der Waals surface area contributed by atoms with Crippen LogP contribution in [0.5, 0.6) is 0 Å². The second-order valence-corrected chi connectivity index (χ2v) is 9.06. The number of sulfonamides is 1. The van der Waals surface area contributed by atoms with E-state index in [0.717, 1.165) is 11.1 Å². The topological polar surface area (TPSA) is 69.7 Å². The van der Waals surface area contributed by atoms with Crippen molar-refractivity contribution in [2.45, 2.75) is 11.8 Å². The molecule has 8 heteroatoms. The number of halogens is 1. The third-order valence-corrected chi connectivity index (χ3v) is 6.79. The molecule has 0 atom stereocenters. The van der Waals surface area contributed by atoms with E-state index >= 15 is 0 Å². The predicted molar refractivity (Wildman–Crippen MR) is 117 cm³/mol. The molecule has 0 bridgehead atoms. The molecule has 29 heavy (non-hydrogen) atoms. The normalized spacial score (nSPS) is 15.5. The Hall–Kier alpha value is -2.35. The van der Waals surface area contributed by atoms with Crippen molar-refractivity contribution >= 4 is 38.8 Å². The maximum atomic E-state index is 12.7. The van der Waals surface area contributed by atoms with Gasteiger partial charge in [-0.2, -0.15) is 0 Å². The number of amides is 1. The minimum Gasteiger partial charge on any atom is -0.367 e. The van der Waals surface area contributed by atoms with Crippen LogP contribution in [0.2, 0.25) is 5.02 Å². The van der Waals surface area contributed by atoms with Gasteiger partial charge in [-0.15, -0.1) is 0 Å². The van der Waals surface area contributed by atoms with Gasteiger partial charge in [-0.05, 0) is 43.3 Å². The molecule has 0 unspecified atom stereocenters. The summed E-state index contributed by atoms with van der Waals surface area (Å²) in [7, 11) is -2.15. The van der Waals surface area contributed by atoms with Gasteiger partial charge < -0.3 is 9.80 Å². The highest BCUT2D eigenvalue weighted by Crippen LogP contribution is 2.26. The van der Waals surface area contributed by atoms with Crippen molar-refractivity contribution in [2.24, 2.45) is 0 Å². The second-order valence-electron chi connectivity index (χ2n) is 6.79. The number of carbonyl (C=O) groups excluding carboxylic acids is 1. The number of hydrogen-bond acceptors (Lipinski definition) is 4. The first-order chi connectivity index (χ1) is 13.8. The number of carbonyl (C=O) groups is 1. The van der Waals surface area contributed by atoms with E-state index in [1.54, 1.807) is 35.2 Å². The van der Waals surface area contributed by atoms with Gasteiger partial charge in [0.2, 0.25) is 15.9 Å². The summed E-state index contributed by atoms with van der Waals surface area (Å²) in [6.45, 7) is 4.01. The van der Waals surface area contributed by atoms with Crippen molar-refractivity contribution in [3.63, 3.8) is 0 Å². The van der Waals surface area contributed by atoms with Crippen LogP contribution in [0.15, 0.2) is 59.5 Å². The van der Waals surface area contributed by atoms with E-state index in [1.807, 2.05) is 36.1 Å². The van der Waals surface area contributed by atoms with Crippen LogP contribution in [0.3, 0.4) is 0 Å². The lowest BCUT2D eigenvalue weighted by Crippen LogP contribution is -2.48. The molecule has 1 saturated heterocycles. The summed E-state index contributed by atoms with van der Waals surface area (Å²) >= 11 is 6.21. The minimum absolute atomic E-state index is 0.0711. The van der Waals surface area contributed by atoms with Crippen molar-refractivity contribution in [1.29, 1.82) is 0 Å². The second kappa shape index (κ2) is 8.98. The largest absolute Gasteiger partial charge is 0.367 e. The lowest BCUT2D eigenvalue weighted by Gasteiger charge is -2.36. The van der Waals surface area contributed by atoms with E-state index in [0.29, 0.717) is 36.9 Å². The fourth-order valence-electron chi connectivity index (χ4n) is 3.36. The van der Waals surface area contributed by atoms with Crippen LogP contribution in [0, 0.1) is 0 Å². The molecule has 0 aromatic heterocycles. The molecule has 0 radical (unpaired) electrons. The van der Waals surface area contributed by atoms with Gasteiger partial charge in [0.15, 0.2) is 0 Å². The van der Waals surface area contributed by atoms with Gasteiger partial charge in [0.25, 0.3) is 0 Å². The Balaban J connectivity index is 1.71. The number of nitrogens with one attached hydrogen (secondary N) is 1. The molecule has 6 nitrogen and oxygen atoms in total. The van der Waals surface area contributed by atoms with E-state index in [4.69, 9.17) is 11.6 Å². The fourth-order valence-corrected chi connectivity index (χ4v) is 4.59. The summed E-state index contributed by atoms with van der Waals surface area (Å²) in [5, 5.41) is 0.612. The van der Waals surface area contributed by atoms with Crippen molar-refractivity contribution in [3.8, 4) is 0 Å². The molecule has 1 amide bonds. The standard InChI is InChI=1S/C21H24ClN3O3S/c1-16(17-7-3-4-8-18(17)22)15-21(26)25-13-11-24(12-14-25)19-9-5-6-10-20(19)29(27,28)23-2/h3-10,15,23H,11-14H2,1-2H3/b16-15-. The van der Waals surface area contributed by atoms with E-state index in [2.05, 4.69) is 4.72 Å². The van der Waals surface area contributed by atoms with Crippen LogP contribution >= 0.6 is 11.6 Å². The van der Waals surface area contributed by atoms with E-state index < -0.39 is 10.0 Å². The molecule has 1 aliphatic rings. The predicted octanol–water partition coefficient (Wildman–Crippen LogP) is 3.00. The number of hydrogen-bond donors (Lipinski definition) is 1. The molecule has 2 aromatic rings. The number of nitrogens with zero attached hydrogens (tertiary/aromatic N) is 2. The van der Waals surface area contributed by atoms with E-state index in [9.17, 15) is 13.2 Å². The SMILES string of the molecule is CNS(=O)(=O)c1ccccc1N1CCN(C(=O)/C=C(/C)c2ccccc2Cl)CC1. The molecular weight excluding hydrogens is 410 g/mol. The Morgan fingerprint density at radius 3 is 2.31 bits per heavy atom. The number of benzene rings is 2. The third-order valence-electron chi connectivity index (χ3n) is 4.99. The summed E-state index contributed by atoms with van der Waals surface area (Å²) in [4.78, 5) is 16.7. The van der Waals surface area contributed by atoms with Gasteiger partial charge in [0.1, 0.15) is 4.90 Å². The van der Waals surface area contributed by atoms with Gasteiger partial charge in [0, 0.05) is 37.3 Å². The zero-order valence-corrected chi connectivity index (χ0v) is 18.0. The van der Waals surface area contributed by atoms with Crippen LogP contribution < -0.4 is 9.62 Å². The van der Waals surface area contributed by atoms with E-state index in [1.165, 1.54) is 7.05 Å². The number of allylic oxidation sites excluding steroid dienone is 1. The smallest absolute Gasteiger partial charge is 0.246 e. The summed E-state index contributed by atoms with van der Waals surface area (Å²) in [6.07, 6.45) is 1.61. The summed E-state index contributed by atoms with van der Waals surface area (Å²) in [6, 6.07) is 14.3. The monoisotopic (exact) mass is 433 g/mol. The van der Waals surface area contributed by atoms with Gasteiger partial charge in [-0.25, -0.2) is 13.1 Å². The molecule has 0 spiro atoms. The van der Waals surface area contributed by atoms with Crippen LogP contribution in [0.25, 0.3) is 5.57 Å². The average Bonchev–Trinajstić information content (AvgIpc) is 2.74. The summed E-state index contributed by atoms with van der Waals surface area (Å²) < 4.78 is 27.0. The van der Waals surface area contributed by atoms with Crippen LogP contribution in [-0.2, 0) is 14.8 Å². The highest BCUT2D eigenvalue weighted by atomic mass is 35.5. The molecule has 1 N–H and O–H groups in total. The van der Waals surface area contributed by atoms with Crippen LogP contribution in [0.4, 0.5) is 5.69 Å². The molecule has 1 heterocycles. The minimum atomic E-state index is -3.55. The molecular formula is C21H24ClN3O3S. The van der Waals surface area contributed by atoms with Gasteiger partial charge >= 0.3 is 0 Å². The molecule has 3 rings (SSSR count). The number of rotatable bonds is 5. The zero-order chi connectivity index (χ0) is 21.0. The number of para-hydroxylation sites is 1. The van der Waals surface area contributed by atoms with E-state index in [-0.39, 0.29) is 10.8 Å². The third kappa shape index (κ3) is 4.80. The van der Waals surface area contributed by atoms with Crippen LogP contribution in [0.1, 0.15) is 12.5 Å². The van der Waals surface area contributed by atoms with Crippen LogP contribution in [-0.4, -0.2) is 52.5 Å². The zero-order valence-electron chi connectivity index (χ0n) is 16.4. The Bertz CT molecular complexity index is 1030. The summed E-state index contributed by atoms with van der Waals surface area (Å²) in [5.41, 5.74) is 2.30. The highest BCUT2D eigenvalue weighted by molar-refractivity contribution is 7.89. The Labute approximate surface area is 176 Å². The van der Waals surface area contributed by atoms with Crippen molar-refractivity contribution in [1.82, 2.24) is 9.62 Å². The first-order valence-electron chi connectivity index (χ1n) is 9.33. The summed E-state index contributed by atoms with van der Waals surface area (Å²) in [5.74, 6) is -0.0711. The average molecular weight is 434 g/mol. The van der Waals surface area contributed by atoms with Gasteiger partial charge in [-0.3, -0.25) is 4.79 Å². The quantitative estimate of drug-likeness (QED) is 0.736. The first kappa shape index (κ1) is 21.4. The molecule has 1 fully saturated rings. The molecule has 154 valence electrons. The highest BCUT2D eigenvalue weighted by Gasteiger charge is 2.25. The van der Waals surface area contributed by atoms with Crippen molar-refractivity contribution in [3.05, 3.63) is 65.2 Å². The maximum Gasteiger partial charge on any atom is 0.246 e. The van der Waals surface area contributed by atoms with Gasteiger partial charge in [-0.1, -0.05) is 41.9 Å². The lowest BCUT2D eigenvalue weighted by molar-refractivity contribution is -0.126. The molecule has 1 aliphatic heterocycles.